The Labute approximate surface area is 118 Å². The van der Waals surface area contributed by atoms with Crippen LogP contribution in [0.4, 0.5) is 0 Å². The third kappa shape index (κ3) is 3.40. The van der Waals surface area contributed by atoms with Gasteiger partial charge in [-0.3, -0.25) is 5.01 Å². The van der Waals surface area contributed by atoms with Gasteiger partial charge in [-0.05, 0) is 26.8 Å². The summed E-state index contributed by atoms with van der Waals surface area (Å²) in [5, 5.41) is 11.4. The number of nitrogens with zero attached hydrogens (tertiary/aromatic N) is 1. The maximum atomic E-state index is 11.8. The van der Waals surface area contributed by atoms with Gasteiger partial charge in [-0.1, -0.05) is 0 Å². The van der Waals surface area contributed by atoms with Gasteiger partial charge >= 0.3 is 5.97 Å². The number of hydrogen-bond acceptors (Lipinski definition) is 6. The molecule has 110 valence electrons. The van der Waals surface area contributed by atoms with Crippen LogP contribution >= 0.6 is 0 Å². The third-order valence-electron chi connectivity index (χ3n) is 2.78. The summed E-state index contributed by atoms with van der Waals surface area (Å²) in [6, 6.07) is 0. The third-order valence-corrected chi connectivity index (χ3v) is 2.78. The van der Waals surface area contributed by atoms with E-state index in [1.165, 1.54) is 0 Å². The molecule has 6 heteroatoms. The highest BCUT2D eigenvalue weighted by Gasteiger charge is 2.28. The number of hydrazine groups is 1. The Morgan fingerprint density at radius 3 is 2.95 bits per heavy atom. The SMILES string of the molecule is CCOC(=O)C1=C2C=C(OCC(C)(C)O)C=CN2NC1. The summed E-state index contributed by atoms with van der Waals surface area (Å²) >= 11 is 0. The molecule has 2 heterocycles. The smallest absolute Gasteiger partial charge is 0.337 e. The predicted octanol–water partition coefficient (Wildman–Crippen LogP) is 0.822. The van der Waals surface area contributed by atoms with Gasteiger partial charge < -0.3 is 14.6 Å². The fourth-order valence-corrected chi connectivity index (χ4v) is 1.85. The van der Waals surface area contributed by atoms with Crippen LogP contribution in [0.3, 0.4) is 0 Å². The van der Waals surface area contributed by atoms with Crippen LogP contribution < -0.4 is 5.43 Å². The maximum absolute atomic E-state index is 11.8. The zero-order valence-corrected chi connectivity index (χ0v) is 12.0. The van der Waals surface area contributed by atoms with Gasteiger partial charge in [0.05, 0.1) is 23.5 Å². The molecule has 0 spiro atoms. The molecule has 2 rings (SSSR count). The van der Waals surface area contributed by atoms with Gasteiger partial charge in [-0.25, -0.2) is 10.2 Å². The molecule has 0 aromatic rings. The number of fused-ring (bicyclic) bond motifs is 1. The van der Waals surface area contributed by atoms with Crippen LogP contribution in [-0.4, -0.2) is 41.4 Å². The molecule has 0 aromatic heterocycles. The van der Waals surface area contributed by atoms with Crippen molar-refractivity contribution in [2.75, 3.05) is 19.8 Å². The summed E-state index contributed by atoms with van der Waals surface area (Å²) in [6.45, 7) is 6.07. The predicted molar refractivity (Wildman–Crippen MR) is 73.0 cm³/mol. The molecule has 20 heavy (non-hydrogen) atoms. The maximum Gasteiger partial charge on any atom is 0.337 e. The van der Waals surface area contributed by atoms with Crippen LogP contribution in [0.15, 0.2) is 35.4 Å². The lowest BCUT2D eigenvalue weighted by Gasteiger charge is -2.23. The molecule has 0 saturated carbocycles. The van der Waals surface area contributed by atoms with Crippen molar-refractivity contribution in [2.45, 2.75) is 26.4 Å². The standard InChI is InChI=1S/C14H20N2O4/c1-4-19-13(17)11-8-15-16-6-5-10(7-12(11)16)20-9-14(2,3)18/h5-7,15,18H,4,8-9H2,1-3H3. The number of aliphatic hydroxyl groups is 1. The Morgan fingerprint density at radius 1 is 1.55 bits per heavy atom. The first-order chi connectivity index (χ1) is 9.40. The van der Waals surface area contributed by atoms with Gasteiger partial charge in [0.2, 0.25) is 0 Å². The van der Waals surface area contributed by atoms with Gasteiger partial charge in [-0.15, -0.1) is 0 Å². The van der Waals surface area contributed by atoms with Crippen LogP contribution in [0.1, 0.15) is 20.8 Å². The van der Waals surface area contributed by atoms with Gasteiger partial charge in [0, 0.05) is 18.8 Å². The van der Waals surface area contributed by atoms with E-state index in [9.17, 15) is 9.90 Å². The topological polar surface area (TPSA) is 71.0 Å². The highest BCUT2D eigenvalue weighted by Crippen LogP contribution is 2.24. The lowest BCUT2D eigenvalue weighted by molar-refractivity contribution is -0.138. The molecule has 0 amide bonds. The minimum absolute atomic E-state index is 0.179. The fraction of sp³-hybridized carbons (Fsp3) is 0.500. The van der Waals surface area contributed by atoms with Gasteiger partial charge in [0.1, 0.15) is 12.4 Å². The first-order valence-electron chi connectivity index (χ1n) is 6.59. The largest absolute Gasteiger partial charge is 0.490 e. The molecule has 0 saturated heterocycles. The van der Waals surface area contributed by atoms with Crippen LogP contribution in [0.5, 0.6) is 0 Å². The lowest BCUT2D eigenvalue weighted by atomic mass is 10.1. The molecule has 0 bridgehead atoms. The number of ether oxygens (including phenoxy) is 2. The Morgan fingerprint density at radius 2 is 2.30 bits per heavy atom. The van der Waals surface area contributed by atoms with Crippen LogP contribution in [-0.2, 0) is 14.3 Å². The van der Waals surface area contributed by atoms with Crippen LogP contribution in [0.25, 0.3) is 0 Å². The van der Waals surface area contributed by atoms with Gasteiger partial charge in [0.15, 0.2) is 0 Å². The van der Waals surface area contributed by atoms with Crippen molar-refractivity contribution in [1.82, 2.24) is 10.4 Å². The van der Waals surface area contributed by atoms with E-state index in [1.807, 2.05) is 0 Å². The molecule has 0 radical (unpaired) electrons. The van der Waals surface area contributed by atoms with E-state index >= 15 is 0 Å². The lowest BCUT2D eigenvalue weighted by Crippen LogP contribution is -2.29. The number of allylic oxidation sites excluding steroid dienone is 2. The molecule has 0 aromatic carbocycles. The number of carbonyl (C=O) groups excluding carboxylic acids is 1. The van der Waals surface area contributed by atoms with Crippen molar-refractivity contribution in [3.63, 3.8) is 0 Å². The Kier molecular flexibility index (Phi) is 4.15. The fourth-order valence-electron chi connectivity index (χ4n) is 1.85. The number of carbonyl (C=O) groups is 1. The number of rotatable bonds is 5. The van der Waals surface area contributed by atoms with Crippen molar-refractivity contribution in [1.29, 1.82) is 0 Å². The second-order valence-electron chi connectivity index (χ2n) is 5.25. The zero-order valence-electron chi connectivity index (χ0n) is 12.0. The molecule has 6 nitrogen and oxygen atoms in total. The normalized spacial score (nSPS) is 18.0. The molecule has 2 aliphatic heterocycles. The molecule has 0 atom stereocenters. The van der Waals surface area contributed by atoms with E-state index in [4.69, 9.17) is 9.47 Å². The summed E-state index contributed by atoms with van der Waals surface area (Å²) in [4.78, 5) is 11.8. The minimum Gasteiger partial charge on any atom is -0.490 e. The molecule has 2 aliphatic rings. The van der Waals surface area contributed by atoms with Gasteiger partial charge in [0.25, 0.3) is 0 Å². The zero-order chi connectivity index (χ0) is 14.8. The molecule has 0 aliphatic carbocycles. The highest BCUT2D eigenvalue weighted by molar-refractivity contribution is 5.91. The van der Waals surface area contributed by atoms with Crippen LogP contribution in [0, 0.1) is 0 Å². The average Bonchev–Trinajstić information content (AvgIpc) is 2.78. The molecule has 0 unspecified atom stereocenters. The first-order valence-corrected chi connectivity index (χ1v) is 6.59. The van der Waals surface area contributed by atoms with Crippen molar-refractivity contribution in [3.8, 4) is 0 Å². The summed E-state index contributed by atoms with van der Waals surface area (Å²) in [6.07, 6.45) is 5.32. The molecule has 0 fully saturated rings. The quantitative estimate of drug-likeness (QED) is 0.727. The summed E-state index contributed by atoms with van der Waals surface area (Å²) < 4.78 is 10.6. The molecule has 2 N–H and O–H groups in total. The first kappa shape index (κ1) is 14.6. The van der Waals surface area contributed by atoms with E-state index in [2.05, 4.69) is 5.43 Å². The van der Waals surface area contributed by atoms with Crippen LogP contribution in [0.2, 0.25) is 0 Å². The summed E-state index contributed by atoms with van der Waals surface area (Å²) in [5.41, 5.74) is 3.45. The number of esters is 1. The average molecular weight is 280 g/mol. The van der Waals surface area contributed by atoms with Crippen molar-refractivity contribution < 1.29 is 19.4 Å². The Hall–Kier alpha value is -1.79. The Bertz CT molecular complexity index is 486. The summed E-state index contributed by atoms with van der Waals surface area (Å²) in [5.74, 6) is 0.273. The van der Waals surface area contributed by atoms with Crippen molar-refractivity contribution in [2.24, 2.45) is 0 Å². The number of hydrogen-bond donors (Lipinski definition) is 2. The summed E-state index contributed by atoms with van der Waals surface area (Å²) in [7, 11) is 0. The second kappa shape index (κ2) is 5.68. The molecular formula is C14H20N2O4. The van der Waals surface area contributed by atoms with E-state index in [0.29, 0.717) is 24.5 Å². The second-order valence-corrected chi connectivity index (χ2v) is 5.25. The number of nitrogens with one attached hydrogen (secondary N) is 1. The van der Waals surface area contributed by atoms with E-state index in [-0.39, 0.29) is 12.6 Å². The van der Waals surface area contributed by atoms with Gasteiger partial charge in [-0.2, -0.15) is 0 Å². The molecular weight excluding hydrogens is 260 g/mol. The Balaban J connectivity index is 2.14. The van der Waals surface area contributed by atoms with Crippen molar-refractivity contribution in [3.05, 3.63) is 35.4 Å². The van der Waals surface area contributed by atoms with Crippen molar-refractivity contribution >= 4 is 5.97 Å². The van der Waals surface area contributed by atoms with E-state index in [1.54, 1.807) is 44.1 Å². The monoisotopic (exact) mass is 280 g/mol. The highest BCUT2D eigenvalue weighted by atomic mass is 16.5. The van der Waals surface area contributed by atoms with E-state index < -0.39 is 5.60 Å². The minimum atomic E-state index is -0.905. The van der Waals surface area contributed by atoms with E-state index in [0.717, 1.165) is 5.70 Å².